The van der Waals surface area contributed by atoms with Crippen LogP contribution in [-0.4, -0.2) is 24.4 Å². The molecule has 0 aromatic carbocycles. The normalized spacial score (nSPS) is 11.8. The lowest BCUT2D eigenvalue weighted by molar-refractivity contribution is 0.0974. The van der Waals surface area contributed by atoms with Crippen LogP contribution in [0.5, 0.6) is 0 Å². The van der Waals surface area contributed by atoms with E-state index >= 15 is 0 Å². The van der Waals surface area contributed by atoms with Crippen molar-refractivity contribution >= 4 is 23.7 Å². The molecule has 0 aliphatic heterocycles. The van der Waals surface area contributed by atoms with Crippen LogP contribution in [0.3, 0.4) is 0 Å². The van der Waals surface area contributed by atoms with E-state index in [-0.39, 0.29) is 41.1 Å². The Balaban J connectivity index is 2.79. The molecule has 24 heavy (non-hydrogen) atoms. The maximum absolute atomic E-state index is 11.9. The van der Waals surface area contributed by atoms with Gasteiger partial charge in [0.1, 0.15) is 11.3 Å². The molecule has 0 bridgehead atoms. The summed E-state index contributed by atoms with van der Waals surface area (Å²) in [6.45, 7) is 7.26. The fourth-order valence-electron chi connectivity index (χ4n) is 2.51. The highest BCUT2D eigenvalue weighted by Gasteiger charge is 2.26. The first kappa shape index (κ1) is 19.7. The van der Waals surface area contributed by atoms with Gasteiger partial charge in [-0.1, -0.05) is 33.1 Å². The number of Topliss-reactive ketones (excluding diaryl/α,β-unsaturated/α-hetero) is 1. The fourth-order valence-corrected chi connectivity index (χ4v) is 2.51. The highest BCUT2D eigenvalue weighted by molar-refractivity contribution is 6.11. The Morgan fingerprint density at radius 2 is 1.92 bits per heavy atom. The third kappa shape index (κ3) is 5.11. The lowest BCUT2D eigenvalue weighted by atomic mass is 10.0. The van der Waals surface area contributed by atoms with Gasteiger partial charge in [-0.25, -0.2) is 4.79 Å². The number of hydrogen-bond acceptors (Lipinski definition) is 5. The average Bonchev–Trinajstić information content (AvgIpc) is 2.83. The first-order chi connectivity index (χ1) is 11.3. The summed E-state index contributed by atoms with van der Waals surface area (Å²) in [4.78, 5) is 35.2. The van der Waals surface area contributed by atoms with Crippen molar-refractivity contribution in [3.8, 4) is 0 Å². The number of nitrogens with one attached hydrogen (secondary N) is 1. The molecule has 1 aromatic heterocycles. The van der Waals surface area contributed by atoms with Crippen molar-refractivity contribution in [3.05, 3.63) is 16.9 Å². The summed E-state index contributed by atoms with van der Waals surface area (Å²) in [7, 11) is 0. The zero-order valence-electron chi connectivity index (χ0n) is 14.7. The first-order valence-corrected chi connectivity index (χ1v) is 8.19. The Kier molecular flexibility index (Phi) is 7.48. The molecule has 7 nitrogen and oxygen atoms in total. The molecule has 1 heterocycles. The monoisotopic (exact) mass is 338 g/mol. The number of ketones is 1. The van der Waals surface area contributed by atoms with Gasteiger partial charge < -0.3 is 14.9 Å². The topological polar surface area (TPSA) is 112 Å². The van der Waals surface area contributed by atoms with Gasteiger partial charge in [-0.15, -0.1) is 0 Å². The third-order valence-electron chi connectivity index (χ3n) is 3.89. The molecule has 0 saturated heterocycles. The highest BCUT2D eigenvalue weighted by Crippen LogP contribution is 2.27. The summed E-state index contributed by atoms with van der Waals surface area (Å²) >= 11 is 0. The molecular formula is C17H26N2O5. The van der Waals surface area contributed by atoms with Crippen molar-refractivity contribution in [1.82, 2.24) is 0 Å². The minimum absolute atomic E-state index is 0.0761. The highest BCUT2D eigenvalue weighted by atomic mass is 16.6. The number of anilines is 1. The number of aryl methyl sites for hydroxylation is 1. The summed E-state index contributed by atoms with van der Waals surface area (Å²) in [5.41, 5.74) is 5.24. The largest absolute Gasteiger partial charge is 0.449 e. The van der Waals surface area contributed by atoms with E-state index in [9.17, 15) is 14.4 Å². The summed E-state index contributed by atoms with van der Waals surface area (Å²) in [6.07, 6.45) is 3.32. The Bertz CT molecular complexity index is 606. The van der Waals surface area contributed by atoms with Crippen LogP contribution >= 0.6 is 0 Å². The summed E-state index contributed by atoms with van der Waals surface area (Å²) in [5.74, 6) is -0.853. The van der Waals surface area contributed by atoms with Crippen LogP contribution < -0.4 is 11.1 Å². The number of carbonyl (C=O) groups is 3. The van der Waals surface area contributed by atoms with Gasteiger partial charge >= 0.3 is 6.09 Å². The second-order valence-corrected chi connectivity index (χ2v) is 5.80. The maximum atomic E-state index is 11.9. The number of nitrogens with two attached hydrogens (primary N) is 1. The van der Waals surface area contributed by atoms with Crippen molar-refractivity contribution in [3.63, 3.8) is 0 Å². The summed E-state index contributed by atoms with van der Waals surface area (Å²) < 4.78 is 10.5. The summed E-state index contributed by atoms with van der Waals surface area (Å²) in [5, 5.41) is 2.36. The van der Waals surface area contributed by atoms with Crippen LogP contribution in [0.2, 0.25) is 0 Å². The molecule has 1 rings (SSSR count). The van der Waals surface area contributed by atoms with Crippen LogP contribution in [0.1, 0.15) is 72.9 Å². The van der Waals surface area contributed by atoms with E-state index in [0.717, 1.165) is 25.7 Å². The summed E-state index contributed by atoms with van der Waals surface area (Å²) in [6, 6.07) is 0. The first-order valence-electron chi connectivity index (χ1n) is 8.19. The molecular weight excluding hydrogens is 312 g/mol. The molecule has 0 fully saturated rings. The SMILES string of the molecule is CCCCC(CC)COC(=O)Nc1oc(C)c(C(C)=O)c1C(N)=O. The van der Waals surface area contributed by atoms with E-state index < -0.39 is 12.0 Å². The third-order valence-corrected chi connectivity index (χ3v) is 3.89. The number of rotatable bonds is 9. The number of furan rings is 1. The van der Waals surface area contributed by atoms with Crippen molar-refractivity contribution in [2.75, 3.05) is 11.9 Å². The molecule has 0 radical (unpaired) electrons. The molecule has 0 aliphatic rings. The molecule has 1 atom stereocenters. The van der Waals surface area contributed by atoms with Crippen molar-refractivity contribution in [2.24, 2.45) is 11.7 Å². The fraction of sp³-hybridized carbons (Fsp3) is 0.588. The smallest absolute Gasteiger partial charge is 0.414 e. The second-order valence-electron chi connectivity index (χ2n) is 5.80. The maximum Gasteiger partial charge on any atom is 0.414 e. The average molecular weight is 338 g/mol. The quantitative estimate of drug-likeness (QED) is 0.667. The van der Waals surface area contributed by atoms with Crippen LogP contribution in [0.4, 0.5) is 10.7 Å². The van der Waals surface area contributed by atoms with Gasteiger partial charge in [0, 0.05) is 0 Å². The minimum Gasteiger partial charge on any atom is -0.449 e. The van der Waals surface area contributed by atoms with Gasteiger partial charge in [0.05, 0.1) is 12.2 Å². The number of unbranched alkanes of at least 4 members (excludes halogenated alkanes) is 1. The van der Waals surface area contributed by atoms with Gasteiger partial charge in [0.25, 0.3) is 5.91 Å². The molecule has 7 heteroatoms. The van der Waals surface area contributed by atoms with Gasteiger partial charge in [-0.3, -0.25) is 14.9 Å². The van der Waals surface area contributed by atoms with E-state index in [1.165, 1.54) is 13.8 Å². The molecule has 0 spiro atoms. The Morgan fingerprint density at radius 1 is 1.25 bits per heavy atom. The predicted molar refractivity (Wildman–Crippen MR) is 90.2 cm³/mol. The molecule has 134 valence electrons. The van der Waals surface area contributed by atoms with E-state index in [4.69, 9.17) is 14.9 Å². The molecule has 2 amide bonds. The zero-order valence-corrected chi connectivity index (χ0v) is 14.7. The molecule has 1 unspecified atom stereocenters. The number of ether oxygens (including phenoxy) is 1. The Morgan fingerprint density at radius 3 is 2.42 bits per heavy atom. The van der Waals surface area contributed by atoms with Crippen molar-refractivity contribution in [2.45, 2.75) is 53.4 Å². The van der Waals surface area contributed by atoms with Gasteiger partial charge in [0.2, 0.25) is 5.88 Å². The van der Waals surface area contributed by atoms with Crippen molar-refractivity contribution in [1.29, 1.82) is 0 Å². The van der Waals surface area contributed by atoms with E-state index in [0.29, 0.717) is 0 Å². The van der Waals surface area contributed by atoms with E-state index in [2.05, 4.69) is 12.2 Å². The van der Waals surface area contributed by atoms with E-state index in [1.54, 1.807) is 0 Å². The zero-order chi connectivity index (χ0) is 18.3. The second kappa shape index (κ2) is 9.10. The lowest BCUT2D eigenvalue weighted by Crippen LogP contribution is -2.21. The predicted octanol–water partition coefficient (Wildman–Crippen LogP) is 3.65. The lowest BCUT2D eigenvalue weighted by Gasteiger charge is -2.14. The van der Waals surface area contributed by atoms with Crippen LogP contribution in [0.15, 0.2) is 4.42 Å². The standard InChI is InChI=1S/C17H26N2O5/c1-5-7-8-12(6-2)9-23-17(22)19-16-14(15(18)21)13(10(3)20)11(4)24-16/h12H,5-9H2,1-4H3,(H2,18,21)(H,19,22). The number of amides is 2. The van der Waals surface area contributed by atoms with Gasteiger partial charge in [0.15, 0.2) is 5.78 Å². The van der Waals surface area contributed by atoms with Crippen LogP contribution in [0, 0.1) is 12.8 Å². The molecule has 0 saturated carbocycles. The van der Waals surface area contributed by atoms with Gasteiger partial charge in [-0.2, -0.15) is 0 Å². The molecule has 1 aromatic rings. The minimum atomic E-state index is -0.846. The Labute approximate surface area is 141 Å². The Hall–Kier alpha value is -2.31. The number of carbonyl (C=O) groups excluding carboxylic acids is 3. The molecule has 3 N–H and O–H groups in total. The number of primary amides is 1. The van der Waals surface area contributed by atoms with Crippen LogP contribution in [-0.2, 0) is 4.74 Å². The van der Waals surface area contributed by atoms with Gasteiger partial charge in [-0.05, 0) is 26.2 Å². The molecule has 0 aliphatic carbocycles. The van der Waals surface area contributed by atoms with Crippen LogP contribution in [0.25, 0.3) is 0 Å². The number of hydrogen-bond donors (Lipinski definition) is 2. The van der Waals surface area contributed by atoms with E-state index in [1.807, 2.05) is 6.92 Å². The van der Waals surface area contributed by atoms with Crippen molar-refractivity contribution < 1.29 is 23.5 Å².